The van der Waals surface area contributed by atoms with Crippen LogP contribution in [0.25, 0.3) is 0 Å². The van der Waals surface area contributed by atoms with E-state index >= 15 is 0 Å². The van der Waals surface area contributed by atoms with E-state index < -0.39 is 11.8 Å². The van der Waals surface area contributed by atoms with Crippen molar-refractivity contribution in [3.63, 3.8) is 0 Å². The highest BCUT2D eigenvalue weighted by atomic mass is 16.5. The van der Waals surface area contributed by atoms with Gasteiger partial charge in [0.1, 0.15) is 0 Å². The van der Waals surface area contributed by atoms with Crippen molar-refractivity contribution >= 4 is 18.0 Å². The van der Waals surface area contributed by atoms with E-state index in [-0.39, 0.29) is 29.4 Å². The molecule has 7 rings (SSSR count). The van der Waals surface area contributed by atoms with Crippen LogP contribution in [0.5, 0.6) is 11.5 Å². The lowest BCUT2D eigenvalue weighted by Gasteiger charge is -2.45. The van der Waals surface area contributed by atoms with Crippen molar-refractivity contribution in [2.45, 2.75) is 18.8 Å². The molecule has 1 heterocycles. The first-order chi connectivity index (χ1) is 16.1. The number of nitrogens with zero attached hydrogens (tertiary/aromatic N) is 2. The Kier molecular flexibility index (Phi) is 4.37. The third-order valence-electron chi connectivity index (χ3n) is 7.03. The molecule has 0 unspecified atom stereocenters. The molecule has 0 saturated carbocycles. The standard InChI is InChI=1S/C27H22N2O4/c1-2-33-21-13-15(11-12-20(21)30)14-28-29-26(31)24-22-16-7-3-4-8-17(16)23(25(24)27(29)32)19-10-6-5-9-18(19)22/h3-14,22-25,30H,2H2,1H3/b28-14-/t22?,23?,24-,25+. The van der Waals surface area contributed by atoms with Gasteiger partial charge in [-0.1, -0.05) is 48.5 Å². The quantitative estimate of drug-likeness (QED) is 0.493. The number of hydrogen-bond donors (Lipinski definition) is 1. The van der Waals surface area contributed by atoms with Gasteiger partial charge in [-0.25, -0.2) is 0 Å². The lowest BCUT2D eigenvalue weighted by Crippen LogP contribution is -2.41. The molecule has 1 saturated heterocycles. The first-order valence-electron chi connectivity index (χ1n) is 11.2. The number of phenolic OH excluding ortho intramolecular Hbond substituents is 1. The van der Waals surface area contributed by atoms with Crippen LogP contribution < -0.4 is 4.74 Å². The molecule has 2 amide bonds. The maximum Gasteiger partial charge on any atom is 0.254 e. The highest BCUT2D eigenvalue weighted by Gasteiger charge is 2.61. The number of imide groups is 1. The Bertz CT molecular complexity index is 1220. The summed E-state index contributed by atoms with van der Waals surface area (Å²) in [7, 11) is 0. The Balaban J connectivity index is 1.39. The Morgan fingerprint density at radius 1 is 0.879 bits per heavy atom. The van der Waals surface area contributed by atoms with Crippen molar-refractivity contribution in [3.05, 3.63) is 94.5 Å². The van der Waals surface area contributed by atoms with Crippen molar-refractivity contribution in [2.75, 3.05) is 6.61 Å². The second kappa shape index (κ2) is 7.30. The van der Waals surface area contributed by atoms with Crippen LogP contribution in [0.1, 0.15) is 46.6 Å². The highest BCUT2D eigenvalue weighted by molar-refractivity contribution is 6.08. The molecule has 1 aliphatic heterocycles. The van der Waals surface area contributed by atoms with Gasteiger partial charge in [0.05, 0.1) is 24.7 Å². The van der Waals surface area contributed by atoms with Gasteiger partial charge in [-0.15, -0.1) is 0 Å². The summed E-state index contributed by atoms with van der Waals surface area (Å²) in [6, 6.07) is 21.1. The summed E-state index contributed by atoms with van der Waals surface area (Å²) in [6.45, 7) is 2.23. The van der Waals surface area contributed by atoms with Crippen molar-refractivity contribution in [2.24, 2.45) is 16.9 Å². The smallest absolute Gasteiger partial charge is 0.254 e. The third kappa shape index (κ3) is 2.76. The number of rotatable bonds is 4. The van der Waals surface area contributed by atoms with E-state index in [1.165, 1.54) is 12.3 Å². The number of aromatic hydroxyl groups is 1. The van der Waals surface area contributed by atoms with Crippen molar-refractivity contribution in [1.29, 1.82) is 0 Å². The van der Waals surface area contributed by atoms with Crippen LogP contribution in [0.2, 0.25) is 0 Å². The first-order valence-corrected chi connectivity index (χ1v) is 11.2. The predicted octanol–water partition coefficient (Wildman–Crippen LogP) is 4.02. The van der Waals surface area contributed by atoms with Crippen molar-refractivity contribution in [1.82, 2.24) is 5.01 Å². The van der Waals surface area contributed by atoms with Gasteiger partial charge in [-0.3, -0.25) is 9.59 Å². The van der Waals surface area contributed by atoms with Crippen LogP contribution >= 0.6 is 0 Å². The van der Waals surface area contributed by atoms with Gasteiger partial charge >= 0.3 is 0 Å². The van der Waals surface area contributed by atoms with E-state index in [9.17, 15) is 14.7 Å². The second-order valence-electron chi connectivity index (χ2n) is 8.66. The van der Waals surface area contributed by atoms with Crippen LogP contribution in [-0.4, -0.2) is 34.8 Å². The number of carbonyl (C=O) groups excluding carboxylic acids is 2. The molecular formula is C27H22N2O4. The SMILES string of the molecule is CCOc1cc(/C=N\N2C(=O)[C@@H]3C4c5ccccc5C(c5ccccc54)[C@@H]3C2=O)ccc1O. The fraction of sp³-hybridized carbons (Fsp3) is 0.222. The van der Waals surface area contributed by atoms with E-state index in [4.69, 9.17) is 4.74 Å². The number of carbonyl (C=O) groups is 2. The van der Waals surface area contributed by atoms with Gasteiger partial charge < -0.3 is 9.84 Å². The number of benzene rings is 3. The van der Waals surface area contributed by atoms with E-state index in [2.05, 4.69) is 29.4 Å². The van der Waals surface area contributed by atoms with E-state index in [0.29, 0.717) is 17.9 Å². The van der Waals surface area contributed by atoms with E-state index in [1.54, 1.807) is 12.1 Å². The zero-order valence-electron chi connectivity index (χ0n) is 18.0. The second-order valence-corrected chi connectivity index (χ2v) is 8.66. The topological polar surface area (TPSA) is 79.2 Å². The van der Waals surface area contributed by atoms with Crippen molar-refractivity contribution < 1.29 is 19.4 Å². The summed E-state index contributed by atoms with van der Waals surface area (Å²) in [5, 5.41) is 15.3. The van der Waals surface area contributed by atoms with Gasteiger partial charge in [0.15, 0.2) is 11.5 Å². The minimum Gasteiger partial charge on any atom is -0.504 e. The third-order valence-corrected chi connectivity index (χ3v) is 7.03. The Morgan fingerprint density at radius 3 is 1.88 bits per heavy atom. The molecule has 2 bridgehead atoms. The number of phenols is 1. The van der Waals surface area contributed by atoms with Crippen LogP contribution in [0.15, 0.2) is 71.8 Å². The lowest BCUT2D eigenvalue weighted by molar-refractivity contribution is -0.139. The van der Waals surface area contributed by atoms with E-state index in [0.717, 1.165) is 27.3 Å². The molecule has 1 N–H and O–H groups in total. The van der Waals surface area contributed by atoms with Gasteiger partial charge in [0, 0.05) is 11.8 Å². The number of amides is 2. The van der Waals surface area contributed by atoms with Crippen LogP contribution in [0.4, 0.5) is 0 Å². The number of hydrazone groups is 1. The minimum atomic E-state index is -0.455. The predicted molar refractivity (Wildman–Crippen MR) is 122 cm³/mol. The van der Waals surface area contributed by atoms with Gasteiger partial charge in [0.25, 0.3) is 11.8 Å². The average Bonchev–Trinajstić information content (AvgIpc) is 3.10. The molecule has 6 nitrogen and oxygen atoms in total. The maximum absolute atomic E-state index is 13.5. The molecule has 3 aliphatic carbocycles. The molecular weight excluding hydrogens is 416 g/mol. The van der Waals surface area contributed by atoms with E-state index in [1.807, 2.05) is 31.2 Å². The lowest BCUT2D eigenvalue weighted by atomic mass is 9.55. The summed E-state index contributed by atoms with van der Waals surface area (Å²) in [5.41, 5.74) is 5.16. The fourth-order valence-corrected chi connectivity index (χ4v) is 5.78. The highest BCUT2D eigenvalue weighted by Crippen LogP contribution is 2.60. The molecule has 4 aliphatic rings. The average molecular weight is 438 g/mol. The Morgan fingerprint density at radius 2 is 1.39 bits per heavy atom. The Labute approximate surface area is 191 Å². The Hall–Kier alpha value is -3.93. The zero-order valence-corrected chi connectivity index (χ0v) is 18.0. The van der Waals surface area contributed by atoms with Crippen LogP contribution in [0.3, 0.4) is 0 Å². The van der Waals surface area contributed by atoms with Crippen LogP contribution in [-0.2, 0) is 9.59 Å². The normalized spacial score (nSPS) is 24.7. The molecule has 0 radical (unpaired) electrons. The summed E-state index contributed by atoms with van der Waals surface area (Å²) >= 11 is 0. The van der Waals surface area contributed by atoms with Gasteiger partial charge in [-0.05, 0) is 52.9 Å². The molecule has 3 aromatic rings. The number of ether oxygens (including phenoxy) is 1. The van der Waals surface area contributed by atoms with Gasteiger partial charge in [0.2, 0.25) is 0 Å². The van der Waals surface area contributed by atoms with Crippen LogP contribution in [0, 0.1) is 11.8 Å². The molecule has 1 fully saturated rings. The molecule has 33 heavy (non-hydrogen) atoms. The van der Waals surface area contributed by atoms with Gasteiger partial charge in [-0.2, -0.15) is 10.1 Å². The molecule has 164 valence electrons. The summed E-state index contributed by atoms with van der Waals surface area (Å²) in [4.78, 5) is 27.1. The molecule has 6 heteroatoms. The zero-order chi connectivity index (χ0) is 22.7. The summed E-state index contributed by atoms with van der Waals surface area (Å²) in [6.07, 6.45) is 1.47. The number of hydrogen-bond acceptors (Lipinski definition) is 5. The fourth-order valence-electron chi connectivity index (χ4n) is 5.78. The monoisotopic (exact) mass is 438 g/mol. The molecule has 2 atom stereocenters. The molecule has 3 aromatic carbocycles. The first kappa shape index (κ1) is 19.7. The molecule has 0 aromatic heterocycles. The van der Waals surface area contributed by atoms with Crippen molar-refractivity contribution in [3.8, 4) is 11.5 Å². The summed E-state index contributed by atoms with van der Waals surface area (Å²) < 4.78 is 5.42. The largest absolute Gasteiger partial charge is 0.504 e. The maximum atomic E-state index is 13.5. The summed E-state index contributed by atoms with van der Waals surface area (Å²) in [5.74, 6) is -1.37. The minimum absolute atomic E-state index is 0.0282. The molecule has 0 spiro atoms.